The van der Waals surface area contributed by atoms with E-state index in [0.29, 0.717) is 16.9 Å². The molecule has 2 aromatic rings. The number of carbonyl (C=O) groups is 2. The van der Waals surface area contributed by atoms with Gasteiger partial charge in [-0.2, -0.15) is 0 Å². The number of hydrogen-bond donors (Lipinski definition) is 2. The topological polar surface area (TPSA) is 80.3 Å². The van der Waals surface area contributed by atoms with Gasteiger partial charge in [-0.1, -0.05) is 0 Å². The van der Waals surface area contributed by atoms with Crippen molar-refractivity contribution >= 4 is 23.4 Å². The predicted octanol–water partition coefficient (Wildman–Crippen LogP) is 3.68. The SMILES string of the molecule is CC(C)(C)OC(=O)Nc1ccc(NC(=O)c2ccncc2)cc1. The van der Waals surface area contributed by atoms with E-state index >= 15 is 0 Å². The molecule has 0 spiro atoms. The molecule has 0 bridgehead atoms. The number of pyridine rings is 1. The van der Waals surface area contributed by atoms with Crippen LogP contribution < -0.4 is 10.6 Å². The number of ether oxygens (including phenoxy) is 1. The Labute approximate surface area is 134 Å². The maximum Gasteiger partial charge on any atom is 0.412 e. The monoisotopic (exact) mass is 313 g/mol. The molecule has 0 atom stereocenters. The molecule has 0 aliphatic carbocycles. The van der Waals surface area contributed by atoms with Gasteiger partial charge < -0.3 is 10.1 Å². The molecule has 6 nitrogen and oxygen atoms in total. The van der Waals surface area contributed by atoms with Crippen molar-refractivity contribution in [2.24, 2.45) is 0 Å². The summed E-state index contributed by atoms with van der Waals surface area (Å²) in [7, 11) is 0. The first kappa shape index (κ1) is 16.5. The molecule has 1 aromatic carbocycles. The summed E-state index contributed by atoms with van der Waals surface area (Å²) >= 11 is 0. The van der Waals surface area contributed by atoms with E-state index in [0.717, 1.165) is 0 Å². The summed E-state index contributed by atoms with van der Waals surface area (Å²) in [5, 5.41) is 5.39. The number of carbonyl (C=O) groups excluding carboxylic acids is 2. The molecule has 2 amide bonds. The molecule has 0 unspecified atom stereocenters. The van der Waals surface area contributed by atoms with E-state index in [2.05, 4.69) is 15.6 Å². The molecule has 2 N–H and O–H groups in total. The molecule has 2 rings (SSSR count). The fraction of sp³-hybridized carbons (Fsp3) is 0.235. The Morgan fingerprint density at radius 2 is 1.43 bits per heavy atom. The maximum absolute atomic E-state index is 12.0. The molecule has 0 radical (unpaired) electrons. The van der Waals surface area contributed by atoms with Crippen LogP contribution in [-0.2, 0) is 4.74 Å². The van der Waals surface area contributed by atoms with Gasteiger partial charge in [0, 0.05) is 29.3 Å². The number of hydrogen-bond acceptors (Lipinski definition) is 4. The quantitative estimate of drug-likeness (QED) is 0.905. The third kappa shape index (κ3) is 5.43. The fourth-order valence-electron chi connectivity index (χ4n) is 1.76. The van der Waals surface area contributed by atoms with Crippen molar-refractivity contribution in [3.05, 3.63) is 54.4 Å². The Bertz CT molecular complexity index is 676. The molecular formula is C17H19N3O3. The lowest BCUT2D eigenvalue weighted by molar-refractivity contribution is 0.0635. The van der Waals surface area contributed by atoms with Crippen molar-refractivity contribution < 1.29 is 14.3 Å². The van der Waals surface area contributed by atoms with Gasteiger partial charge in [0.2, 0.25) is 0 Å². The molecule has 0 aliphatic heterocycles. The van der Waals surface area contributed by atoms with Crippen molar-refractivity contribution in [2.45, 2.75) is 26.4 Å². The smallest absolute Gasteiger partial charge is 0.412 e. The molecule has 0 aliphatic rings. The molecule has 6 heteroatoms. The van der Waals surface area contributed by atoms with Gasteiger partial charge in [0.15, 0.2) is 0 Å². The second-order valence-electron chi connectivity index (χ2n) is 5.89. The van der Waals surface area contributed by atoms with Crippen LogP contribution >= 0.6 is 0 Å². The van der Waals surface area contributed by atoms with Crippen molar-refractivity contribution in [1.82, 2.24) is 4.98 Å². The average molecular weight is 313 g/mol. The van der Waals surface area contributed by atoms with Gasteiger partial charge >= 0.3 is 6.09 Å². The third-order valence-corrected chi connectivity index (χ3v) is 2.73. The number of nitrogens with zero attached hydrogens (tertiary/aromatic N) is 1. The minimum Gasteiger partial charge on any atom is -0.444 e. The van der Waals surface area contributed by atoms with Crippen molar-refractivity contribution in [2.75, 3.05) is 10.6 Å². The van der Waals surface area contributed by atoms with Gasteiger partial charge in [-0.3, -0.25) is 15.1 Å². The Kier molecular flexibility index (Phi) is 4.95. The van der Waals surface area contributed by atoms with Gasteiger partial charge in [-0.05, 0) is 57.2 Å². The van der Waals surface area contributed by atoms with Crippen LogP contribution in [0.15, 0.2) is 48.8 Å². The lowest BCUT2D eigenvalue weighted by atomic mass is 10.2. The predicted molar refractivity (Wildman–Crippen MR) is 88.5 cm³/mol. The average Bonchev–Trinajstić information content (AvgIpc) is 2.48. The second-order valence-corrected chi connectivity index (χ2v) is 5.89. The first-order chi connectivity index (χ1) is 10.8. The van der Waals surface area contributed by atoms with Crippen molar-refractivity contribution in [3.63, 3.8) is 0 Å². The molecule has 0 saturated carbocycles. The minimum absolute atomic E-state index is 0.222. The van der Waals surface area contributed by atoms with Crippen LogP contribution in [0.25, 0.3) is 0 Å². The normalized spacial score (nSPS) is 10.7. The Morgan fingerprint density at radius 3 is 1.96 bits per heavy atom. The van der Waals surface area contributed by atoms with Gasteiger partial charge in [0.05, 0.1) is 0 Å². The fourth-order valence-corrected chi connectivity index (χ4v) is 1.76. The highest BCUT2D eigenvalue weighted by Gasteiger charge is 2.16. The van der Waals surface area contributed by atoms with Crippen LogP contribution in [0, 0.1) is 0 Å². The first-order valence-corrected chi connectivity index (χ1v) is 7.15. The Hall–Kier alpha value is -2.89. The van der Waals surface area contributed by atoms with E-state index < -0.39 is 11.7 Å². The number of aromatic nitrogens is 1. The zero-order valence-electron chi connectivity index (χ0n) is 13.3. The summed E-state index contributed by atoms with van der Waals surface area (Å²) in [5.41, 5.74) is 1.18. The number of nitrogens with one attached hydrogen (secondary N) is 2. The first-order valence-electron chi connectivity index (χ1n) is 7.15. The van der Waals surface area contributed by atoms with Crippen LogP contribution in [-0.4, -0.2) is 22.6 Å². The largest absolute Gasteiger partial charge is 0.444 e. The van der Waals surface area contributed by atoms with Gasteiger partial charge in [-0.15, -0.1) is 0 Å². The van der Waals surface area contributed by atoms with E-state index in [1.807, 2.05) is 0 Å². The number of rotatable bonds is 3. The Morgan fingerprint density at radius 1 is 0.913 bits per heavy atom. The van der Waals surface area contributed by atoms with Gasteiger partial charge in [-0.25, -0.2) is 4.79 Å². The summed E-state index contributed by atoms with van der Waals surface area (Å²) in [4.78, 5) is 27.5. The van der Waals surface area contributed by atoms with Crippen LogP contribution in [0.3, 0.4) is 0 Å². The van der Waals surface area contributed by atoms with Crippen LogP contribution in [0.1, 0.15) is 31.1 Å². The molecule has 23 heavy (non-hydrogen) atoms. The summed E-state index contributed by atoms with van der Waals surface area (Å²) < 4.78 is 5.17. The lowest BCUT2D eigenvalue weighted by Crippen LogP contribution is -2.27. The molecule has 120 valence electrons. The summed E-state index contributed by atoms with van der Waals surface area (Å²) in [6, 6.07) is 10.0. The van der Waals surface area contributed by atoms with E-state index in [9.17, 15) is 9.59 Å². The zero-order valence-corrected chi connectivity index (χ0v) is 13.3. The zero-order chi connectivity index (χ0) is 16.9. The van der Waals surface area contributed by atoms with Crippen molar-refractivity contribution in [1.29, 1.82) is 0 Å². The molecular weight excluding hydrogens is 294 g/mol. The van der Waals surface area contributed by atoms with Gasteiger partial charge in [0.1, 0.15) is 5.60 Å². The molecule has 1 heterocycles. The minimum atomic E-state index is -0.553. The third-order valence-electron chi connectivity index (χ3n) is 2.73. The van der Waals surface area contributed by atoms with E-state index in [4.69, 9.17) is 4.74 Å². The van der Waals surface area contributed by atoms with E-state index in [1.165, 1.54) is 0 Å². The molecule has 0 saturated heterocycles. The highest BCUT2D eigenvalue weighted by Crippen LogP contribution is 2.16. The summed E-state index contributed by atoms with van der Waals surface area (Å²) in [6.45, 7) is 5.39. The van der Waals surface area contributed by atoms with Crippen LogP contribution in [0.2, 0.25) is 0 Å². The maximum atomic E-state index is 12.0. The summed E-state index contributed by atoms with van der Waals surface area (Å²) in [5.74, 6) is -0.222. The molecule has 0 fully saturated rings. The second kappa shape index (κ2) is 6.91. The lowest BCUT2D eigenvalue weighted by Gasteiger charge is -2.19. The van der Waals surface area contributed by atoms with Gasteiger partial charge in [0.25, 0.3) is 5.91 Å². The number of amides is 2. The standard InChI is InChI=1S/C17H19N3O3/c1-17(2,3)23-16(22)20-14-6-4-13(5-7-14)19-15(21)12-8-10-18-11-9-12/h4-11H,1-3H3,(H,19,21)(H,20,22). The van der Waals surface area contributed by atoms with Crippen LogP contribution in [0.4, 0.5) is 16.2 Å². The van der Waals surface area contributed by atoms with E-state index in [1.54, 1.807) is 69.6 Å². The number of benzene rings is 1. The summed E-state index contributed by atoms with van der Waals surface area (Å²) in [6.07, 6.45) is 2.59. The Balaban J connectivity index is 1.95. The number of anilines is 2. The molecule has 1 aromatic heterocycles. The van der Waals surface area contributed by atoms with Crippen LogP contribution in [0.5, 0.6) is 0 Å². The highest BCUT2D eigenvalue weighted by atomic mass is 16.6. The highest BCUT2D eigenvalue weighted by molar-refractivity contribution is 6.04. The van der Waals surface area contributed by atoms with E-state index in [-0.39, 0.29) is 5.91 Å². The van der Waals surface area contributed by atoms with Crippen molar-refractivity contribution in [3.8, 4) is 0 Å².